The van der Waals surface area contributed by atoms with Crippen LogP contribution in [0, 0.1) is 5.92 Å². The average molecular weight is 322 g/mol. The molecule has 8 nitrogen and oxygen atoms in total. The van der Waals surface area contributed by atoms with Gasteiger partial charge in [-0.2, -0.15) is 17.4 Å². The number of piperidine rings is 1. The van der Waals surface area contributed by atoms with Gasteiger partial charge in [-0.1, -0.05) is 6.92 Å². The van der Waals surface area contributed by atoms with E-state index in [1.165, 1.54) is 11.4 Å². The van der Waals surface area contributed by atoms with Gasteiger partial charge in [-0.25, -0.2) is 0 Å². The van der Waals surface area contributed by atoms with Gasteiger partial charge in [0.2, 0.25) is 0 Å². The second-order valence-corrected chi connectivity index (χ2v) is 6.91. The van der Waals surface area contributed by atoms with Crippen molar-refractivity contribution < 1.29 is 27.9 Å². The number of methoxy groups -OCH3 is 1. The highest BCUT2D eigenvalue weighted by molar-refractivity contribution is 7.87. The third-order valence-corrected chi connectivity index (χ3v) is 5.16. The number of rotatable bonds is 7. The van der Waals surface area contributed by atoms with Crippen molar-refractivity contribution in [3.05, 3.63) is 0 Å². The number of hydrogen-bond acceptors (Lipinski definition) is 5. The van der Waals surface area contributed by atoms with Crippen LogP contribution in [0.15, 0.2) is 0 Å². The Bertz CT molecular complexity index is 470. The molecule has 1 fully saturated rings. The lowest BCUT2D eigenvalue weighted by Crippen LogP contribution is -2.50. The zero-order valence-electron chi connectivity index (χ0n) is 12.2. The first-order valence-electron chi connectivity index (χ1n) is 6.83. The Labute approximate surface area is 124 Å². The predicted octanol–water partition coefficient (Wildman–Crippen LogP) is -0.0409. The summed E-state index contributed by atoms with van der Waals surface area (Å²) in [6.45, 7) is 2.80. The fourth-order valence-corrected chi connectivity index (χ4v) is 3.50. The van der Waals surface area contributed by atoms with Gasteiger partial charge >= 0.3 is 11.9 Å². The summed E-state index contributed by atoms with van der Waals surface area (Å²) in [7, 11) is -2.66. The van der Waals surface area contributed by atoms with Crippen molar-refractivity contribution >= 4 is 22.1 Å². The fraction of sp³-hybridized carbons (Fsp3) is 0.833. The SMILES string of the molecule is COC(=O)CC[C@H](NS(=O)(=O)N1CCC(C)CC1)C(=O)O. The van der Waals surface area contributed by atoms with Gasteiger partial charge in [0.05, 0.1) is 7.11 Å². The Kier molecular flexibility index (Phi) is 6.56. The molecule has 1 rings (SSSR count). The number of carbonyl (C=O) groups is 2. The molecule has 21 heavy (non-hydrogen) atoms. The van der Waals surface area contributed by atoms with Crippen LogP contribution in [0.1, 0.15) is 32.6 Å². The van der Waals surface area contributed by atoms with E-state index in [0.717, 1.165) is 12.8 Å². The van der Waals surface area contributed by atoms with Crippen LogP contribution in [0.25, 0.3) is 0 Å². The highest BCUT2D eigenvalue weighted by atomic mass is 32.2. The van der Waals surface area contributed by atoms with E-state index in [0.29, 0.717) is 19.0 Å². The normalized spacial score (nSPS) is 19.1. The van der Waals surface area contributed by atoms with Crippen molar-refractivity contribution in [2.24, 2.45) is 5.92 Å². The lowest BCUT2D eigenvalue weighted by atomic mass is 10.0. The molecule has 9 heteroatoms. The predicted molar refractivity (Wildman–Crippen MR) is 74.7 cm³/mol. The first-order chi connectivity index (χ1) is 9.76. The molecular weight excluding hydrogens is 300 g/mol. The molecule has 1 heterocycles. The average Bonchev–Trinajstić information content (AvgIpc) is 2.43. The number of aliphatic carboxylic acids is 1. The van der Waals surface area contributed by atoms with Gasteiger partial charge in [0.25, 0.3) is 10.2 Å². The van der Waals surface area contributed by atoms with E-state index in [1.54, 1.807) is 0 Å². The Hall–Kier alpha value is -1.19. The minimum atomic E-state index is -3.86. The maximum absolute atomic E-state index is 12.2. The molecule has 0 radical (unpaired) electrons. The number of carbonyl (C=O) groups excluding carboxylic acids is 1. The van der Waals surface area contributed by atoms with Crippen LogP contribution in [0.5, 0.6) is 0 Å². The minimum Gasteiger partial charge on any atom is -0.480 e. The summed E-state index contributed by atoms with van der Waals surface area (Å²) in [5.74, 6) is -1.42. The lowest BCUT2D eigenvalue weighted by Gasteiger charge is -2.30. The van der Waals surface area contributed by atoms with Crippen LogP contribution < -0.4 is 4.72 Å². The smallest absolute Gasteiger partial charge is 0.321 e. The molecule has 1 aliphatic heterocycles. The van der Waals surface area contributed by atoms with Gasteiger partial charge in [0.15, 0.2) is 0 Å². The number of nitrogens with zero attached hydrogens (tertiary/aromatic N) is 1. The lowest BCUT2D eigenvalue weighted by molar-refractivity contribution is -0.142. The van der Waals surface area contributed by atoms with E-state index in [1.807, 2.05) is 6.92 Å². The monoisotopic (exact) mass is 322 g/mol. The molecule has 0 unspecified atom stereocenters. The molecule has 1 saturated heterocycles. The second kappa shape index (κ2) is 7.71. The highest BCUT2D eigenvalue weighted by Gasteiger charge is 2.31. The molecular formula is C12H22N2O6S. The van der Waals surface area contributed by atoms with Gasteiger partial charge in [0, 0.05) is 19.5 Å². The number of hydrogen-bond donors (Lipinski definition) is 2. The first-order valence-corrected chi connectivity index (χ1v) is 8.27. The molecule has 0 aromatic carbocycles. The molecule has 0 aliphatic carbocycles. The summed E-state index contributed by atoms with van der Waals surface area (Å²) in [5.41, 5.74) is 0. The van der Waals surface area contributed by atoms with Gasteiger partial charge in [-0.3, -0.25) is 9.59 Å². The number of carboxylic acids is 1. The fourth-order valence-electron chi connectivity index (χ4n) is 2.08. The minimum absolute atomic E-state index is 0.147. The maximum Gasteiger partial charge on any atom is 0.321 e. The van der Waals surface area contributed by atoms with Crippen molar-refractivity contribution in [1.82, 2.24) is 9.03 Å². The number of nitrogens with one attached hydrogen (secondary N) is 1. The molecule has 0 bridgehead atoms. The summed E-state index contributed by atoms with van der Waals surface area (Å²) in [4.78, 5) is 22.2. The molecule has 122 valence electrons. The van der Waals surface area contributed by atoms with Gasteiger partial charge in [0.1, 0.15) is 6.04 Å². The van der Waals surface area contributed by atoms with Gasteiger partial charge < -0.3 is 9.84 Å². The Balaban J connectivity index is 2.64. The Morgan fingerprint density at radius 3 is 2.43 bits per heavy atom. The van der Waals surface area contributed by atoms with Crippen molar-refractivity contribution in [3.63, 3.8) is 0 Å². The van der Waals surface area contributed by atoms with Crippen LogP contribution in [0.2, 0.25) is 0 Å². The first kappa shape index (κ1) is 17.9. The quantitative estimate of drug-likeness (QED) is 0.636. The highest BCUT2D eigenvalue weighted by Crippen LogP contribution is 2.18. The van der Waals surface area contributed by atoms with E-state index in [9.17, 15) is 18.0 Å². The summed E-state index contributed by atoms with van der Waals surface area (Å²) >= 11 is 0. The number of esters is 1. The van der Waals surface area contributed by atoms with Crippen LogP contribution in [-0.2, 0) is 24.5 Å². The molecule has 1 aliphatic rings. The van der Waals surface area contributed by atoms with Crippen LogP contribution in [0.3, 0.4) is 0 Å². The van der Waals surface area contributed by atoms with Crippen molar-refractivity contribution in [2.75, 3.05) is 20.2 Å². The Morgan fingerprint density at radius 2 is 1.95 bits per heavy atom. The number of carboxylic acid groups (broad SMARTS) is 1. The molecule has 0 aromatic rings. The van der Waals surface area contributed by atoms with E-state index >= 15 is 0 Å². The maximum atomic E-state index is 12.2. The topological polar surface area (TPSA) is 113 Å². The third kappa shape index (κ3) is 5.60. The van der Waals surface area contributed by atoms with Crippen LogP contribution in [-0.4, -0.2) is 56.0 Å². The largest absolute Gasteiger partial charge is 0.480 e. The van der Waals surface area contributed by atoms with Crippen LogP contribution in [0.4, 0.5) is 0 Å². The summed E-state index contributed by atoms with van der Waals surface area (Å²) in [6.07, 6.45) is 1.19. The molecule has 0 amide bonds. The van der Waals surface area contributed by atoms with Gasteiger partial charge in [-0.15, -0.1) is 0 Å². The Morgan fingerprint density at radius 1 is 1.38 bits per heavy atom. The standard InChI is InChI=1S/C12H22N2O6S/c1-9-5-7-14(8-6-9)21(18,19)13-10(12(16)17)3-4-11(15)20-2/h9-10,13H,3-8H2,1-2H3,(H,16,17)/t10-/m0/s1. The van der Waals surface area contributed by atoms with E-state index in [-0.39, 0.29) is 12.8 Å². The zero-order valence-corrected chi connectivity index (χ0v) is 13.1. The van der Waals surface area contributed by atoms with E-state index in [4.69, 9.17) is 5.11 Å². The third-order valence-electron chi connectivity index (χ3n) is 3.54. The van der Waals surface area contributed by atoms with Crippen molar-refractivity contribution in [2.45, 2.75) is 38.6 Å². The van der Waals surface area contributed by atoms with E-state index < -0.39 is 28.2 Å². The summed E-state index contributed by atoms with van der Waals surface area (Å²) in [5, 5.41) is 9.07. The molecule has 0 spiro atoms. The van der Waals surface area contributed by atoms with E-state index in [2.05, 4.69) is 9.46 Å². The summed E-state index contributed by atoms with van der Waals surface area (Å²) in [6, 6.07) is -1.34. The van der Waals surface area contributed by atoms with Crippen LogP contribution >= 0.6 is 0 Å². The zero-order chi connectivity index (χ0) is 16.0. The van der Waals surface area contributed by atoms with Crippen molar-refractivity contribution in [1.29, 1.82) is 0 Å². The molecule has 0 aromatic heterocycles. The molecule has 2 N–H and O–H groups in total. The molecule has 1 atom stereocenters. The van der Waals surface area contributed by atoms with Crippen molar-refractivity contribution in [3.8, 4) is 0 Å². The molecule has 0 saturated carbocycles. The summed E-state index contributed by atoms with van der Waals surface area (Å²) < 4.78 is 32.1. The number of ether oxygens (including phenoxy) is 1. The second-order valence-electron chi connectivity index (χ2n) is 5.21. The van der Waals surface area contributed by atoms with Gasteiger partial charge in [-0.05, 0) is 25.2 Å².